The molecule has 1 saturated carbocycles. The summed E-state index contributed by atoms with van der Waals surface area (Å²) >= 11 is 0. The minimum Gasteiger partial charge on any atom is -0.464 e. The quantitative estimate of drug-likeness (QED) is 0.396. The first-order valence-electron chi connectivity index (χ1n) is 11.4. The highest BCUT2D eigenvalue weighted by Crippen LogP contribution is 2.38. The number of halogens is 3. The number of hydrogen-bond donors (Lipinski definition) is 0. The van der Waals surface area contributed by atoms with E-state index in [0.29, 0.717) is 26.2 Å². The Hall–Kier alpha value is -1.84. The molecule has 1 saturated heterocycles. The number of rotatable bonds is 9. The van der Waals surface area contributed by atoms with E-state index < -0.39 is 29.7 Å². The van der Waals surface area contributed by atoms with Gasteiger partial charge in [-0.3, -0.25) is 4.90 Å². The third-order valence-electron chi connectivity index (χ3n) is 5.76. The monoisotopic (exact) mass is 459 g/mol. The van der Waals surface area contributed by atoms with E-state index in [1.165, 1.54) is 0 Å². The number of ether oxygens (including phenoxy) is 4. The Labute approximate surface area is 186 Å². The van der Waals surface area contributed by atoms with Crippen molar-refractivity contribution in [1.82, 2.24) is 4.90 Å². The van der Waals surface area contributed by atoms with Gasteiger partial charge in [0.25, 0.3) is 0 Å². The van der Waals surface area contributed by atoms with Crippen LogP contribution < -0.4 is 4.74 Å². The molecule has 6 nitrogen and oxygen atoms in total. The molecule has 180 valence electrons. The molecular formula is C23H32F3NO5. The summed E-state index contributed by atoms with van der Waals surface area (Å²) in [6, 6.07) is 3.09. The Kier molecular flexibility index (Phi) is 9.19. The first-order valence-corrected chi connectivity index (χ1v) is 11.4. The molecule has 32 heavy (non-hydrogen) atoms. The Balaban J connectivity index is 1.65. The van der Waals surface area contributed by atoms with Crippen LogP contribution in [0.1, 0.15) is 61.4 Å². The maximum absolute atomic E-state index is 13.5. The van der Waals surface area contributed by atoms with E-state index >= 15 is 0 Å². The zero-order chi connectivity index (χ0) is 23.0. The summed E-state index contributed by atoms with van der Waals surface area (Å²) in [7, 11) is 0. The molecule has 1 aromatic rings. The molecular weight excluding hydrogens is 427 g/mol. The Bertz CT molecular complexity index is 731. The van der Waals surface area contributed by atoms with E-state index in [1.54, 1.807) is 6.92 Å². The standard InChI is InChI=1S/C23H32F3NO5/c1-2-21(31-18-6-4-3-5-7-18)32-20-16-17(8-9-19(20)23(24,25)26)22(28)30-15-12-27-10-13-29-14-11-27/h8-9,16,18,21H,2-7,10-15H2,1H3. The Morgan fingerprint density at radius 3 is 2.56 bits per heavy atom. The summed E-state index contributed by atoms with van der Waals surface area (Å²) in [4.78, 5) is 14.5. The summed E-state index contributed by atoms with van der Waals surface area (Å²) in [5, 5.41) is 0. The van der Waals surface area contributed by atoms with Gasteiger partial charge in [-0.2, -0.15) is 13.2 Å². The fourth-order valence-electron chi connectivity index (χ4n) is 3.92. The largest absolute Gasteiger partial charge is 0.464 e. The molecule has 9 heteroatoms. The molecule has 0 bridgehead atoms. The van der Waals surface area contributed by atoms with Crippen LogP contribution in [0.25, 0.3) is 0 Å². The van der Waals surface area contributed by atoms with Crippen molar-refractivity contribution in [3.63, 3.8) is 0 Å². The number of carbonyl (C=O) groups excluding carboxylic acids is 1. The number of hydrogen-bond acceptors (Lipinski definition) is 6. The molecule has 1 unspecified atom stereocenters. The predicted molar refractivity (Wildman–Crippen MR) is 112 cm³/mol. The van der Waals surface area contributed by atoms with Gasteiger partial charge in [0, 0.05) is 26.1 Å². The molecule has 0 N–H and O–H groups in total. The molecule has 1 aromatic carbocycles. The van der Waals surface area contributed by atoms with Crippen LogP contribution in [-0.4, -0.2) is 62.7 Å². The van der Waals surface area contributed by atoms with Gasteiger partial charge >= 0.3 is 12.1 Å². The fraction of sp³-hybridized carbons (Fsp3) is 0.696. The summed E-state index contributed by atoms with van der Waals surface area (Å²) in [5.41, 5.74) is -0.921. The van der Waals surface area contributed by atoms with Crippen molar-refractivity contribution >= 4 is 5.97 Å². The molecule has 1 aliphatic heterocycles. The maximum Gasteiger partial charge on any atom is 0.419 e. The molecule has 1 atom stereocenters. The van der Waals surface area contributed by atoms with Crippen molar-refractivity contribution in [3.8, 4) is 5.75 Å². The number of nitrogens with zero attached hydrogens (tertiary/aromatic N) is 1. The van der Waals surface area contributed by atoms with Crippen molar-refractivity contribution in [2.45, 2.75) is 64.0 Å². The Morgan fingerprint density at radius 2 is 1.91 bits per heavy atom. The molecule has 0 amide bonds. The number of carbonyl (C=O) groups is 1. The van der Waals surface area contributed by atoms with Gasteiger partial charge < -0.3 is 18.9 Å². The highest BCUT2D eigenvalue weighted by molar-refractivity contribution is 5.90. The molecule has 0 aromatic heterocycles. The van der Waals surface area contributed by atoms with E-state index in [-0.39, 0.29) is 18.3 Å². The van der Waals surface area contributed by atoms with Crippen LogP contribution in [0.15, 0.2) is 18.2 Å². The third kappa shape index (κ3) is 7.35. The van der Waals surface area contributed by atoms with Crippen molar-refractivity contribution in [2.75, 3.05) is 39.5 Å². The zero-order valence-electron chi connectivity index (χ0n) is 18.5. The lowest BCUT2D eigenvalue weighted by Crippen LogP contribution is -2.38. The van der Waals surface area contributed by atoms with Crippen LogP contribution in [0.3, 0.4) is 0 Å². The molecule has 3 rings (SSSR count). The summed E-state index contributed by atoms with van der Waals surface area (Å²) in [6.07, 6.45) is -0.0714. The van der Waals surface area contributed by atoms with Crippen LogP contribution in [0.4, 0.5) is 13.2 Å². The third-order valence-corrected chi connectivity index (χ3v) is 5.76. The number of morpholine rings is 1. The summed E-state index contributed by atoms with van der Waals surface area (Å²) in [6.45, 7) is 5.28. The van der Waals surface area contributed by atoms with Crippen LogP contribution in [0.5, 0.6) is 5.75 Å². The minimum absolute atomic E-state index is 0.0162. The zero-order valence-corrected chi connectivity index (χ0v) is 18.5. The minimum atomic E-state index is -4.61. The lowest BCUT2D eigenvalue weighted by Gasteiger charge is -2.28. The van der Waals surface area contributed by atoms with Gasteiger partial charge in [0.05, 0.1) is 30.4 Å². The number of esters is 1. The predicted octanol–water partition coefficient (Wildman–Crippen LogP) is 4.66. The molecule has 2 fully saturated rings. The lowest BCUT2D eigenvalue weighted by molar-refractivity contribution is -0.149. The smallest absolute Gasteiger partial charge is 0.419 e. The van der Waals surface area contributed by atoms with Gasteiger partial charge in [-0.05, 0) is 31.0 Å². The van der Waals surface area contributed by atoms with E-state index in [2.05, 4.69) is 4.90 Å². The van der Waals surface area contributed by atoms with E-state index in [9.17, 15) is 18.0 Å². The Morgan fingerprint density at radius 1 is 1.19 bits per heavy atom. The molecule has 0 radical (unpaired) electrons. The molecule has 2 aliphatic rings. The van der Waals surface area contributed by atoms with Crippen molar-refractivity contribution in [2.24, 2.45) is 0 Å². The van der Waals surface area contributed by atoms with Crippen LogP contribution >= 0.6 is 0 Å². The van der Waals surface area contributed by atoms with Crippen LogP contribution in [0.2, 0.25) is 0 Å². The second-order valence-electron chi connectivity index (χ2n) is 8.15. The average molecular weight is 460 g/mol. The number of alkyl halides is 3. The highest BCUT2D eigenvalue weighted by atomic mass is 19.4. The van der Waals surface area contributed by atoms with Crippen LogP contribution in [-0.2, 0) is 20.4 Å². The second-order valence-corrected chi connectivity index (χ2v) is 8.15. The first kappa shape index (κ1) is 24.8. The SMILES string of the molecule is CCC(Oc1cc(C(=O)OCCN2CCOCC2)ccc1C(F)(F)F)OC1CCCCC1. The molecule has 1 heterocycles. The van der Waals surface area contributed by atoms with Crippen molar-refractivity contribution in [1.29, 1.82) is 0 Å². The van der Waals surface area contributed by atoms with E-state index in [4.69, 9.17) is 18.9 Å². The van der Waals surface area contributed by atoms with Crippen LogP contribution in [0, 0.1) is 0 Å². The summed E-state index contributed by atoms with van der Waals surface area (Å²) < 4.78 is 62.8. The number of benzene rings is 1. The van der Waals surface area contributed by atoms with Gasteiger partial charge in [-0.1, -0.05) is 26.2 Å². The van der Waals surface area contributed by atoms with E-state index in [1.807, 2.05) is 0 Å². The molecule has 1 aliphatic carbocycles. The van der Waals surface area contributed by atoms with Gasteiger partial charge in [-0.25, -0.2) is 4.79 Å². The van der Waals surface area contributed by atoms with Gasteiger partial charge in [0.15, 0.2) is 6.29 Å². The first-order chi connectivity index (χ1) is 15.4. The topological polar surface area (TPSA) is 57.2 Å². The van der Waals surface area contributed by atoms with Gasteiger partial charge in [0.1, 0.15) is 12.4 Å². The average Bonchev–Trinajstić information content (AvgIpc) is 2.79. The van der Waals surface area contributed by atoms with Crippen molar-refractivity contribution < 1.29 is 36.9 Å². The van der Waals surface area contributed by atoms with Gasteiger partial charge in [-0.15, -0.1) is 0 Å². The van der Waals surface area contributed by atoms with Crippen molar-refractivity contribution in [3.05, 3.63) is 29.3 Å². The van der Waals surface area contributed by atoms with E-state index in [0.717, 1.165) is 63.4 Å². The normalized spacial score (nSPS) is 19.5. The molecule has 0 spiro atoms. The maximum atomic E-state index is 13.5. The fourth-order valence-corrected chi connectivity index (χ4v) is 3.92. The van der Waals surface area contributed by atoms with Gasteiger partial charge in [0.2, 0.25) is 0 Å². The second kappa shape index (κ2) is 11.9. The summed E-state index contributed by atoms with van der Waals surface area (Å²) in [5.74, 6) is -1.10. The highest BCUT2D eigenvalue weighted by Gasteiger charge is 2.36. The lowest BCUT2D eigenvalue weighted by atomic mass is 9.98.